The maximum absolute atomic E-state index is 11.2. The fourth-order valence-corrected chi connectivity index (χ4v) is 1.90. The summed E-state index contributed by atoms with van der Waals surface area (Å²) < 4.78 is 27.2. The number of hydrogen-bond acceptors (Lipinski definition) is 4. The third-order valence-electron chi connectivity index (χ3n) is 1.99. The Bertz CT molecular complexity index is 493. The fraction of sp³-hybridized carbons (Fsp3) is 0.222. The monoisotopic (exact) mass is 229 g/mol. The minimum absolute atomic E-state index is 0.139. The summed E-state index contributed by atoms with van der Waals surface area (Å²) in [6, 6.07) is 2.67. The van der Waals surface area contributed by atoms with Crippen LogP contribution in [0.1, 0.15) is 15.9 Å². The van der Waals surface area contributed by atoms with Gasteiger partial charge in [0.15, 0.2) is 0 Å². The van der Waals surface area contributed by atoms with E-state index in [1.165, 1.54) is 19.2 Å². The molecule has 1 aromatic rings. The summed E-state index contributed by atoms with van der Waals surface area (Å²) >= 11 is 0. The molecule has 15 heavy (non-hydrogen) atoms. The van der Waals surface area contributed by atoms with Gasteiger partial charge >= 0.3 is 0 Å². The summed E-state index contributed by atoms with van der Waals surface area (Å²) in [5.74, 6) is 0.139. The van der Waals surface area contributed by atoms with Gasteiger partial charge in [-0.2, -0.15) is 0 Å². The molecule has 0 radical (unpaired) electrons. The highest BCUT2D eigenvalue weighted by molar-refractivity contribution is 7.89. The number of benzene rings is 1. The number of carbonyl (C=O) groups is 1. The Labute approximate surface area is 87.9 Å². The van der Waals surface area contributed by atoms with Crippen LogP contribution in [0.25, 0.3) is 0 Å². The molecule has 0 atom stereocenters. The molecule has 6 heteroatoms. The van der Waals surface area contributed by atoms with E-state index in [-0.39, 0.29) is 16.2 Å². The van der Waals surface area contributed by atoms with Crippen molar-refractivity contribution in [2.45, 2.75) is 11.8 Å². The Morgan fingerprint density at radius 2 is 2.00 bits per heavy atom. The van der Waals surface area contributed by atoms with Crippen molar-refractivity contribution >= 4 is 16.3 Å². The van der Waals surface area contributed by atoms with Crippen molar-refractivity contribution in [1.29, 1.82) is 0 Å². The normalized spacial score (nSPS) is 11.1. The molecule has 5 nitrogen and oxygen atoms in total. The SMILES string of the molecule is COc1cc(C)c(C=O)cc1S(N)(=O)=O. The summed E-state index contributed by atoms with van der Waals surface area (Å²) in [5.41, 5.74) is 0.911. The van der Waals surface area contributed by atoms with E-state index < -0.39 is 10.0 Å². The van der Waals surface area contributed by atoms with Crippen molar-refractivity contribution in [2.24, 2.45) is 5.14 Å². The van der Waals surface area contributed by atoms with E-state index in [1.54, 1.807) is 6.92 Å². The Morgan fingerprint density at radius 3 is 2.40 bits per heavy atom. The number of nitrogens with two attached hydrogens (primary N) is 1. The van der Waals surface area contributed by atoms with Gasteiger partial charge in [-0.15, -0.1) is 0 Å². The van der Waals surface area contributed by atoms with Gasteiger partial charge in [0, 0.05) is 5.56 Å². The molecule has 82 valence electrons. The first-order chi connectivity index (χ1) is 6.90. The van der Waals surface area contributed by atoms with Crippen molar-refractivity contribution in [1.82, 2.24) is 0 Å². The van der Waals surface area contributed by atoms with Crippen LogP contribution in [0.5, 0.6) is 5.75 Å². The van der Waals surface area contributed by atoms with Crippen LogP contribution in [0.15, 0.2) is 17.0 Å². The van der Waals surface area contributed by atoms with Gasteiger partial charge in [-0.1, -0.05) is 0 Å². The van der Waals surface area contributed by atoms with E-state index in [1.807, 2.05) is 0 Å². The minimum Gasteiger partial charge on any atom is -0.495 e. The van der Waals surface area contributed by atoms with Crippen LogP contribution in [0, 0.1) is 6.92 Å². The molecule has 0 amide bonds. The van der Waals surface area contributed by atoms with Gasteiger partial charge in [-0.3, -0.25) is 4.79 Å². The van der Waals surface area contributed by atoms with E-state index in [0.717, 1.165) is 0 Å². The van der Waals surface area contributed by atoms with Gasteiger partial charge in [0.2, 0.25) is 10.0 Å². The number of carbonyl (C=O) groups excluding carboxylic acids is 1. The molecule has 0 aliphatic carbocycles. The van der Waals surface area contributed by atoms with Gasteiger partial charge in [0.05, 0.1) is 7.11 Å². The molecule has 0 aliphatic rings. The highest BCUT2D eigenvalue weighted by Gasteiger charge is 2.16. The minimum atomic E-state index is -3.88. The van der Waals surface area contributed by atoms with Crippen molar-refractivity contribution in [3.05, 3.63) is 23.3 Å². The van der Waals surface area contributed by atoms with E-state index in [2.05, 4.69) is 0 Å². The third kappa shape index (κ3) is 2.34. The van der Waals surface area contributed by atoms with Crippen molar-refractivity contribution < 1.29 is 17.9 Å². The van der Waals surface area contributed by atoms with E-state index in [9.17, 15) is 13.2 Å². The zero-order valence-corrected chi connectivity index (χ0v) is 9.17. The van der Waals surface area contributed by atoms with E-state index in [0.29, 0.717) is 11.8 Å². The summed E-state index contributed by atoms with van der Waals surface area (Å²) in [4.78, 5) is 10.4. The largest absolute Gasteiger partial charge is 0.495 e. The topological polar surface area (TPSA) is 86.5 Å². The lowest BCUT2D eigenvalue weighted by Gasteiger charge is -2.08. The summed E-state index contributed by atoms with van der Waals surface area (Å²) in [6.07, 6.45) is 0.573. The molecular weight excluding hydrogens is 218 g/mol. The van der Waals surface area contributed by atoms with Gasteiger partial charge in [-0.05, 0) is 24.6 Å². The number of methoxy groups -OCH3 is 1. The molecule has 0 aromatic heterocycles. The third-order valence-corrected chi connectivity index (χ3v) is 2.92. The first-order valence-electron chi connectivity index (χ1n) is 4.06. The Morgan fingerprint density at radius 1 is 1.40 bits per heavy atom. The lowest BCUT2D eigenvalue weighted by Crippen LogP contribution is -2.14. The van der Waals surface area contributed by atoms with Crippen molar-refractivity contribution in [2.75, 3.05) is 7.11 Å². The average molecular weight is 229 g/mol. The summed E-state index contributed by atoms with van der Waals surface area (Å²) in [5, 5.41) is 4.98. The van der Waals surface area contributed by atoms with Gasteiger partial charge < -0.3 is 4.74 Å². The standard InChI is InChI=1S/C9H11NO4S/c1-6-3-8(14-2)9(15(10,12)13)4-7(6)5-11/h3-5H,1-2H3,(H2,10,12,13). The number of aryl methyl sites for hydroxylation is 1. The smallest absolute Gasteiger partial charge is 0.241 e. The van der Waals surface area contributed by atoms with Gasteiger partial charge in [-0.25, -0.2) is 13.6 Å². The molecule has 0 bridgehead atoms. The number of rotatable bonds is 3. The highest BCUT2D eigenvalue weighted by atomic mass is 32.2. The molecule has 0 fully saturated rings. The molecule has 0 heterocycles. The van der Waals surface area contributed by atoms with Crippen LogP contribution in [0.4, 0.5) is 0 Å². The molecule has 2 N–H and O–H groups in total. The van der Waals surface area contributed by atoms with Crippen molar-refractivity contribution in [3.8, 4) is 5.75 Å². The van der Waals surface area contributed by atoms with Crippen LogP contribution in [-0.4, -0.2) is 21.8 Å². The van der Waals surface area contributed by atoms with Gasteiger partial charge in [0.1, 0.15) is 16.9 Å². The molecule has 1 rings (SSSR count). The predicted octanol–water partition coefficient (Wildman–Crippen LogP) is 0.464. The lowest BCUT2D eigenvalue weighted by atomic mass is 10.1. The first-order valence-corrected chi connectivity index (χ1v) is 5.61. The van der Waals surface area contributed by atoms with Crippen LogP contribution in [0.3, 0.4) is 0 Å². The molecule has 0 unspecified atom stereocenters. The van der Waals surface area contributed by atoms with Crippen molar-refractivity contribution in [3.63, 3.8) is 0 Å². The Kier molecular flexibility index (Phi) is 3.11. The maximum Gasteiger partial charge on any atom is 0.241 e. The van der Waals surface area contributed by atoms with Crippen LogP contribution in [-0.2, 0) is 10.0 Å². The van der Waals surface area contributed by atoms with Crippen LogP contribution in [0.2, 0.25) is 0 Å². The number of ether oxygens (including phenoxy) is 1. The first kappa shape index (κ1) is 11.7. The zero-order chi connectivity index (χ0) is 11.6. The van der Waals surface area contributed by atoms with E-state index in [4.69, 9.17) is 9.88 Å². The predicted molar refractivity (Wildman–Crippen MR) is 54.5 cm³/mol. The Balaban J connectivity index is 3.56. The van der Waals surface area contributed by atoms with Crippen LogP contribution < -0.4 is 9.88 Å². The molecular formula is C9H11NO4S. The number of sulfonamides is 1. The molecule has 0 aliphatic heterocycles. The fourth-order valence-electron chi connectivity index (χ4n) is 1.19. The highest BCUT2D eigenvalue weighted by Crippen LogP contribution is 2.25. The number of aldehydes is 1. The average Bonchev–Trinajstić information content (AvgIpc) is 2.15. The van der Waals surface area contributed by atoms with E-state index >= 15 is 0 Å². The second-order valence-electron chi connectivity index (χ2n) is 3.02. The summed E-state index contributed by atoms with van der Waals surface area (Å²) in [6.45, 7) is 1.68. The number of primary sulfonamides is 1. The lowest BCUT2D eigenvalue weighted by molar-refractivity contribution is 0.112. The molecule has 0 saturated heterocycles. The number of hydrogen-bond donors (Lipinski definition) is 1. The zero-order valence-electron chi connectivity index (χ0n) is 8.35. The Hall–Kier alpha value is -1.40. The second kappa shape index (κ2) is 4.00. The quantitative estimate of drug-likeness (QED) is 0.763. The molecule has 1 aromatic carbocycles. The summed E-state index contributed by atoms with van der Waals surface area (Å²) in [7, 11) is -2.54. The van der Waals surface area contributed by atoms with Gasteiger partial charge in [0.25, 0.3) is 0 Å². The molecule has 0 spiro atoms. The maximum atomic E-state index is 11.2. The molecule has 0 saturated carbocycles. The van der Waals surface area contributed by atoms with Crippen LogP contribution >= 0.6 is 0 Å². The second-order valence-corrected chi connectivity index (χ2v) is 4.55.